The second-order valence-corrected chi connectivity index (χ2v) is 8.36. The van der Waals surface area contributed by atoms with Crippen molar-refractivity contribution in [2.75, 3.05) is 26.1 Å². The number of carbonyl (C=O) groups excluding carboxylic acids is 2. The molecule has 0 amide bonds. The molecule has 0 aromatic heterocycles. The number of benzene rings is 1. The van der Waals surface area contributed by atoms with E-state index in [2.05, 4.69) is 9.64 Å². The molecule has 35 heavy (non-hydrogen) atoms. The lowest BCUT2D eigenvalue weighted by Crippen LogP contribution is -2.37. The van der Waals surface area contributed by atoms with Gasteiger partial charge in [-0.05, 0) is 37.5 Å². The number of hydrogen-bond donors (Lipinski definition) is 1. The van der Waals surface area contributed by atoms with Crippen LogP contribution in [-0.4, -0.2) is 66.1 Å². The fraction of sp³-hybridized carbons (Fsp3) is 0.560. The molecule has 1 aliphatic heterocycles. The Morgan fingerprint density at radius 1 is 1.23 bits per heavy atom. The third-order valence-corrected chi connectivity index (χ3v) is 5.63. The molecule has 1 N–H and O–H groups in total. The van der Waals surface area contributed by atoms with Crippen LogP contribution >= 0.6 is 23.4 Å². The fourth-order valence-electron chi connectivity index (χ4n) is 2.81. The van der Waals surface area contributed by atoms with Crippen molar-refractivity contribution in [2.45, 2.75) is 65.9 Å². The average molecular weight is 534 g/mol. The van der Waals surface area contributed by atoms with Gasteiger partial charge in [-0.25, -0.2) is 9.59 Å². The third kappa shape index (κ3) is 16.9. The summed E-state index contributed by atoms with van der Waals surface area (Å²) in [6.45, 7) is 13.9. The molecule has 1 fully saturated rings. The van der Waals surface area contributed by atoms with E-state index in [9.17, 15) is 14.7 Å². The number of carboxylic acid groups (broad SMARTS) is 1. The topological polar surface area (TPSA) is 102 Å². The number of nitrogens with zero attached hydrogens (tertiary/aromatic N) is 1. The van der Waals surface area contributed by atoms with Crippen molar-refractivity contribution >= 4 is 42.0 Å². The Morgan fingerprint density at radius 3 is 2.34 bits per heavy atom. The zero-order chi connectivity index (χ0) is 27.2. The summed E-state index contributed by atoms with van der Waals surface area (Å²) in [5, 5.41) is 9.87. The molecule has 10 heteroatoms. The number of piperidine rings is 1. The monoisotopic (exact) mass is 533 g/mol. The van der Waals surface area contributed by atoms with Crippen molar-refractivity contribution in [3.63, 3.8) is 0 Å². The van der Waals surface area contributed by atoms with E-state index in [1.54, 1.807) is 13.8 Å². The molecule has 1 aromatic carbocycles. The first-order valence-electron chi connectivity index (χ1n) is 11.6. The lowest BCUT2D eigenvalue weighted by molar-refractivity contribution is -0.131. The van der Waals surface area contributed by atoms with Crippen molar-refractivity contribution in [2.24, 2.45) is 0 Å². The van der Waals surface area contributed by atoms with Crippen molar-refractivity contribution in [1.29, 1.82) is 0 Å². The van der Waals surface area contributed by atoms with Gasteiger partial charge in [0.2, 0.25) is 0 Å². The van der Waals surface area contributed by atoms with Crippen molar-refractivity contribution in [3.8, 4) is 0 Å². The molecule has 0 spiro atoms. The highest BCUT2D eigenvalue weighted by Gasteiger charge is 2.26. The summed E-state index contributed by atoms with van der Waals surface area (Å²) in [5.41, 5.74) is 1.81. The largest absolute Gasteiger partial charge is 0.509 e. The van der Waals surface area contributed by atoms with Gasteiger partial charge >= 0.3 is 12.1 Å². The highest BCUT2D eigenvalue weighted by molar-refractivity contribution is 7.99. The quantitative estimate of drug-likeness (QED) is 0.186. The van der Waals surface area contributed by atoms with Crippen molar-refractivity contribution < 1.29 is 33.7 Å². The number of halogens is 1. The minimum absolute atomic E-state index is 0.0181. The molecule has 0 saturated carbocycles. The van der Waals surface area contributed by atoms with Gasteiger partial charge in [-0.3, -0.25) is 9.69 Å². The van der Waals surface area contributed by atoms with E-state index in [-0.39, 0.29) is 17.3 Å². The van der Waals surface area contributed by atoms with Gasteiger partial charge in [0.05, 0.1) is 13.2 Å². The first-order chi connectivity index (χ1) is 16.8. The highest BCUT2D eigenvalue weighted by atomic mass is 35.5. The first kappa shape index (κ1) is 34.9. The smallest absolute Gasteiger partial charge is 0.478 e. The number of carbonyl (C=O) groups is 3. The minimum Gasteiger partial charge on any atom is -0.478 e. The normalized spacial score (nSPS) is 15.8. The van der Waals surface area contributed by atoms with Gasteiger partial charge in [0, 0.05) is 36.0 Å². The average Bonchev–Trinajstić information content (AvgIpc) is 2.84. The van der Waals surface area contributed by atoms with Gasteiger partial charge in [-0.1, -0.05) is 57.5 Å². The third-order valence-electron chi connectivity index (χ3n) is 4.06. The Morgan fingerprint density at radius 2 is 1.83 bits per heavy atom. The van der Waals surface area contributed by atoms with Crippen LogP contribution < -0.4 is 0 Å². The lowest BCUT2D eigenvalue weighted by atomic mass is 10.0. The van der Waals surface area contributed by atoms with Crippen LogP contribution in [0.4, 0.5) is 4.79 Å². The number of ether oxygens (including phenoxy) is 3. The van der Waals surface area contributed by atoms with Gasteiger partial charge in [-0.2, -0.15) is 0 Å². The van der Waals surface area contributed by atoms with E-state index in [0.717, 1.165) is 24.1 Å². The van der Waals surface area contributed by atoms with Gasteiger partial charge in [0.25, 0.3) is 6.47 Å². The van der Waals surface area contributed by atoms with E-state index in [1.807, 2.05) is 52.0 Å². The van der Waals surface area contributed by atoms with E-state index in [4.69, 9.17) is 25.9 Å². The van der Waals surface area contributed by atoms with Gasteiger partial charge in [0.1, 0.15) is 5.94 Å². The minimum atomic E-state index is -0.977. The summed E-state index contributed by atoms with van der Waals surface area (Å²) in [4.78, 5) is 33.8. The van der Waals surface area contributed by atoms with Crippen LogP contribution in [-0.2, 0) is 30.3 Å². The summed E-state index contributed by atoms with van der Waals surface area (Å²) in [6.07, 6.45) is 1.06. The molecule has 1 atom stereocenters. The molecular formula is C25H40ClNO7S. The molecule has 0 bridgehead atoms. The van der Waals surface area contributed by atoms with Crippen LogP contribution in [0.25, 0.3) is 0 Å². The Bertz CT molecular complexity index is 759. The van der Waals surface area contributed by atoms with Crippen LogP contribution in [0.15, 0.2) is 35.9 Å². The van der Waals surface area contributed by atoms with Crippen molar-refractivity contribution in [1.82, 2.24) is 4.90 Å². The number of thioether (sulfide) groups is 1. The number of rotatable bonds is 8. The van der Waals surface area contributed by atoms with Crippen LogP contribution in [0.3, 0.4) is 0 Å². The molecular weight excluding hydrogens is 494 g/mol. The number of carboxylic acids is 1. The van der Waals surface area contributed by atoms with Crippen LogP contribution in [0, 0.1) is 0 Å². The Balaban J connectivity index is 0. The zero-order valence-corrected chi connectivity index (χ0v) is 23.4. The molecule has 0 radical (unpaired) electrons. The number of hydrogen-bond acceptors (Lipinski definition) is 8. The summed E-state index contributed by atoms with van der Waals surface area (Å²) < 4.78 is 13.8. The predicted molar refractivity (Wildman–Crippen MR) is 142 cm³/mol. The summed E-state index contributed by atoms with van der Waals surface area (Å²) in [5.74, 6) is -0.854. The molecule has 1 heterocycles. The molecule has 200 valence electrons. The second kappa shape index (κ2) is 22.2. The molecule has 1 aliphatic rings. The van der Waals surface area contributed by atoms with E-state index >= 15 is 0 Å². The van der Waals surface area contributed by atoms with E-state index in [0.29, 0.717) is 24.6 Å². The molecule has 1 saturated heterocycles. The maximum atomic E-state index is 11.5. The maximum absolute atomic E-state index is 11.5. The second-order valence-electron chi connectivity index (χ2n) is 6.81. The zero-order valence-electron chi connectivity index (χ0n) is 21.8. The molecule has 8 nitrogen and oxygen atoms in total. The number of aliphatic carboxylic acids is 1. The Labute approximate surface area is 218 Å². The molecule has 2 rings (SSSR count). The number of methoxy groups -OCH3 is 1. The van der Waals surface area contributed by atoms with E-state index in [1.165, 1.54) is 24.9 Å². The van der Waals surface area contributed by atoms with Gasteiger partial charge < -0.3 is 19.3 Å². The summed E-state index contributed by atoms with van der Waals surface area (Å²) in [6, 6.07) is 7.64. The fourth-order valence-corrected chi connectivity index (χ4v) is 3.96. The SMILES string of the molecule is CC.CC.CC(C)OC(=O)OCSC1CCN(Cc2ccccc2Cl)C/C1=C/C(=O)O.COC=O. The van der Waals surface area contributed by atoms with Gasteiger partial charge in [-0.15, -0.1) is 11.8 Å². The van der Waals surface area contributed by atoms with Crippen LogP contribution in [0.5, 0.6) is 0 Å². The summed E-state index contributed by atoms with van der Waals surface area (Å²) >= 11 is 7.63. The highest BCUT2D eigenvalue weighted by Crippen LogP contribution is 2.30. The van der Waals surface area contributed by atoms with Crippen molar-refractivity contribution in [3.05, 3.63) is 46.5 Å². The standard InChI is InChI=1S/C19H24ClNO5S.C2H4O2.2C2H6/c1-13(2)26-19(24)25-12-27-17-7-8-21(11-15(17)9-18(22)23)10-14-5-3-4-6-16(14)20;1-4-2-3;2*1-2/h3-6,9,13,17H,7-8,10-12H2,1-2H3,(H,22,23);2H,1H3;2*1-2H3/b15-9-;;;. The number of likely N-dealkylation sites (tertiary alicyclic amines) is 1. The lowest BCUT2D eigenvalue weighted by Gasteiger charge is -2.34. The Hall–Kier alpha value is -2.23. The maximum Gasteiger partial charge on any atom is 0.509 e. The predicted octanol–water partition coefficient (Wildman–Crippen LogP) is 6.02. The van der Waals surface area contributed by atoms with Crippen LogP contribution in [0.1, 0.15) is 53.5 Å². The van der Waals surface area contributed by atoms with Crippen LogP contribution in [0.2, 0.25) is 5.02 Å². The molecule has 1 aromatic rings. The first-order valence-corrected chi connectivity index (χ1v) is 13.0. The summed E-state index contributed by atoms with van der Waals surface area (Å²) in [7, 11) is 1.31. The molecule has 1 unspecified atom stereocenters. The Kier molecular flexibility index (Phi) is 22.2. The van der Waals surface area contributed by atoms with E-state index < -0.39 is 12.1 Å². The van der Waals surface area contributed by atoms with Gasteiger partial charge in [0.15, 0.2) is 0 Å². The molecule has 0 aliphatic carbocycles.